The second-order valence-corrected chi connectivity index (χ2v) is 5.58. The number of hydrogen-bond donors (Lipinski definition) is 0. The Morgan fingerprint density at radius 1 is 1.17 bits per heavy atom. The number of benzene rings is 1. The molecule has 0 amide bonds. The summed E-state index contributed by atoms with van der Waals surface area (Å²) in [5.74, 6) is 0.219. The van der Waals surface area contributed by atoms with Gasteiger partial charge in [-0.05, 0) is 11.0 Å². The predicted molar refractivity (Wildman–Crippen MR) is 75.4 cm³/mol. The van der Waals surface area contributed by atoms with Gasteiger partial charge in [0.15, 0.2) is 0 Å². The van der Waals surface area contributed by atoms with Crippen LogP contribution in [0.25, 0.3) is 0 Å². The van der Waals surface area contributed by atoms with Gasteiger partial charge < -0.3 is 0 Å². The maximum atomic E-state index is 12.6. The molecule has 94 valence electrons. The molecule has 0 spiro atoms. The zero-order valence-electron chi connectivity index (χ0n) is 11.3. The van der Waals surface area contributed by atoms with Gasteiger partial charge in [0.1, 0.15) is 5.78 Å². The average Bonchev–Trinajstić information content (AvgIpc) is 2.37. The van der Waals surface area contributed by atoms with E-state index in [1.807, 2.05) is 55.5 Å². The van der Waals surface area contributed by atoms with E-state index in [2.05, 4.69) is 19.9 Å². The number of ketones is 1. The standard InChI is InChI=1S/C17H20O/c1-13(14-9-5-4-6-10-14)16(18)15-11-7-8-12-17(15,2)3/h4-13,15H,1-3H3. The Bertz CT molecular complexity index is 480. The van der Waals surface area contributed by atoms with Crippen LogP contribution >= 0.6 is 0 Å². The van der Waals surface area contributed by atoms with Gasteiger partial charge in [0.25, 0.3) is 0 Å². The van der Waals surface area contributed by atoms with Crippen LogP contribution in [0.4, 0.5) is 0 Å². The lowest BCUT2D eigenvalue weighted by Crippen LogP contribution is -2.32. The van der Waals surface area contributed by atoms with E-state index >= 15 is 0 Å². The molecular formula is C17H20O. The summed E-state index contributed by atoms with van der Waals surface area (Å²) in [6.45, 7) is 6.24. The molecule has 18 heavy (non-hydrogen) atoms. The monoisotopic (exact) mass is 240 g/mol. The second-order valence-electron chi connectivity index (χ2n) is 5.58. The minimum Gasteiger partial charge on any atom is -0.298 e. The lowest BCUT2D eigenvalue weighted by molar-refractivity contribution is -0.124. The Labute approximate surface area is 109 Å². The van der Waals surface area contributed by atoms with Gasteiger partial charge in [-0.25, -0.2) is 0 Å². The molecule has 1 nitrogen and oxygen atoms in total. The molecule has 1 heteroatoms. The van der Waals surface area contributed by atoms with Gasteiger partial charge in [-0.15, -0.1) is 0 Å². The van der Waals surface area contributed by atoms with E-state index in [1.165, 1.54) is 0 Å². The third kappa shape index (κ3) is 2.45. The van der Waals surface area contributed by atoms with Gasteiger partial charge in [-0.3, -0.25) is 4.79 Å². The third-order valence-corrected chi connectivity index (χ3v) is 3.77. The molecular weight excluding hydrogens is 220 g/mol. The fourth-order valence-electron chi connectivity index (χ4n) is 2.47. The minimum atomic E-state index is -0.0884. The van der Waals surface area contributed by atoms with Gasteiger partial charge in [0.2, 0.25) is 0 Å². The highest BCUT2D eigenvalue weighted by Gasteiger charge is 2.34. The molecule has 1 aliphatic rings. The quantitative estimate of drug-likeness (QED) is 0.776. The first kappa shape index (κ1) is 12.8. The van der Waals surface area contributed by atoms with Crippen molar-refractivity contribution in [2.75, 3.05) is 0 Å². The molecule has 1 aromatic carbocycles. The van der Waals surface area contributed by atoms with Crippen LogP contribution in [0.5, 0.6) is 0 Å². The number of carbonyl (C=O) groups excluding carboxylic acids is 1. The molecule has 0 N–H and O–H groups in total. The van der Waals surface area contributed by atoms with Crippen molar-refractivity contribution in [3.63, 3.8) is 0 Å². The number of carbonyl (C=O) groups is 1. The lowest BCUT2D eigenvalue weighted by Gasteiger charge is -2.32. The van der Waals surface area contributed by atoms with Crippen LogP contribution in [0.1, 0.15) is 32.3 Å². The van der Waals surface area contributed by atoms with E-state index in [-0.39, 0.29) is 17.3 Å². The molecule has 0 radical (unpaired) electrons. The Balaban J connectivity index is 2.22. The van der Waals surface area contributed by atoms with E-state index in [9.17, 15) is 4.79 Å². The van der Waals surface area contributed by atoms with Crippen LogP contribution < -0.4 is 0 Å². The summed E-state index contributed by atoms with van der Waals surface area (Å²) in [4.78, 5) is 12.6. The van der Waals surface area contributed by atoms with Crippen LogP contribution in [0.15, 0.2) is 54.6 Å². The minimum absolute atomic E-state index is 0.0299. The first-order valence-electron chi connectivity index (χ1n) is 6.47. The highest BCUT2D eigenvalue weighted by Crippen LogP contribution is 2.36. The molecule has 0 aliphatic heterocycles. The summed E-state index contributed by atoms with van der Waals surface area (Å²) in [6, 6.07) is 10.0. The van der Waals surface area contributed by atoms with Gasteiger partial charge >= 0.3 is 0 Å². The summed E-state index contributed by atoms with van der Waals surface area (Å²) in [7, 11) is 0. The molecule has 1 aromatic rings. The molecule has 0 heterocycles. The third-order valence-electron chi connectivity index (χ3n) is 3.77. The summed E-state index contributed by atoms with van der Waals surface area (Å²) >= 11 is 0. The van der Waals surface area contributed by atoms with Crippen LogP contribution in [-0.4, -0.2) is 5.78 Å². The molecule has 2 unspecified atom stereocenters. The molecule has 0 saturated carbocycles. The summed E-state index contributed by atoms with van der Waals surface area (Å²) in [5, 5.41) is 0. The normalized spacial score (nSPS) is 22.7. The first-order chi connectivity index (χ1) is 8.52. The second kappa shape index (κ2) is 4.93. The number of rotatable bonds is 3. The molecule has 0 saturated heterocycles. The average molecular weight is 240 g/mol. The van der Waals surface area contributed by atoms with Crippen LogP contribution in [0.2, 0.25) is 0 Å². The maximum absolute atomic E-state index is 12.6. The maximum Gasteiger partial charge on any atom is 0.147 e. The first-order valence-corrected chi connectivity index (χ1v) is 6.47. The molecule has 0 fully saturated rings. The van der Waals surface area contributed by atoms with Gasteiger partial charge in [-0.2, -0.15) is 0 Å². The van der Waals surface area contributed by atoms with Gasteiger partial charge in [0.05, 0.1) is 0 Å². The van der Waals surface area contributed by atoms with Crippen molar-refractivity contribution < 1.29 is 4.79 Å². The topological polar surface area (TPSA) is 17.1 Å². The largest absolute Gasteiger partial charge is 0.298 e. The summed E-state index contributed by atoms with van der Waals surface area (Å²) < 4.78 is 0. The van der Waals surface area contributed by atoms with E-state index in [0.717, 1.165) is 5.56 Å². The molecule has 0 aromatic heterocycles. The smallest absolute Gasteiger partial charge is 0.147 e. The fraction of sp³-hybridized carbons (Fsp3) is 0.353. The Morgan fingerprint density at radius 2 is 1.83 bits per heavy atom. The predicted octanol–water partition coefficient (Wildman–Crippen LogP) is 4.13. The zero-order chi connectivity index (χ0) is 13.2. The number of hydrogen-bond acceptors (Lipinski definition) is 1. The Kier molecular flexibility index (Phi) is 3.51. The Hall–Kier alpha value is -1.63. The summed E-state index contributed by atoms with van der Waals surface area (Å²) in [6.07, 6.45) is 8.15. The van der Waals surface area contributed by atoms with Crippen LogP contribution in [-0.2, 0) is 4.79 Å². The van der Waals surface area contributed by atoms with Gasteiger partial charge in [-0.1, -0.05) is 75.4 Å². The van der Waals surface area contributed by atoms with Crippen molar-refractivity contribution in [3.05, 3.63) is 60.2 Å². The highest BCUT2D eigenvalue weighted by molar-refractivity contribution is 5.90. The Morgan fingerprint density at radius 3 is 2.44 bits per heavy atom. The van der Waals surface area contributed by atoms with E-state index in [4.69, 9.17) is 0 Å². The van der Waals surface area contributed by atoms with Crippen LogP contribution in [0.3, 0.4) is 0 Å². The van der Waals surface area contributed by atoms with Crippen molar-refractivity contribution in [2.24, 2.45) is 11.3 Å². The van der Waals surface area contributed by atoms with Crippen molar-refractivity contribution in [2.45, 2.75) is 26.7 Å². The van der Waals surface area contributed by atoms with E-state index in [1.54, 1.807) is 0 Å². The summed E-state index contributed by atoms with van der Waals surface area (Å²) in [5.41, 5.74) is 1.01. The fourth-order valence-corrected chi connectivity index (χ4v) is 2.47. The van der Waals surface area contributed by atoms with Gasteiger partial charge in [0, 0.05) is 11.8 Å². The molecule has 1 aliphatic carbocycles. The lowest BCUT2D eigenvalue weighted by atomic mass is 9.71. The van der Waals surface area contributed by atoms with Crippen LogP contribution in [0, 0.1) is 11.3 Å². The zero-order valence-corrected chi connectivity index (χ0v) is 11.3. The van der Waals surface area contributed by atoms with E-state index < -0.39 is 0 Å². The van der Waals surface area contributed by atoms with Crippen molar-refractivity contribution in [1.29, 1.82) is 0 Å². The SMILES string of the molecule is CC(C(=O)C1C=CC=CC1(C)C)c1ccccc1. The highest BCUT2D eigenvalue weighted by atomic mass is 16.1. The molecule has 2 atom stereocenters. The van der Waals surface area contributed by atoms with Crippen molar-refractivity contribution >= 4 is 5.78 Å². The number of Topliss-reactive ketones (excluding diaryl/α,β-unsaturated/α-hetero) is 1. The number of allylic oxidation sites excluding steroid dienone is 4. The molecule has 0 bridgehead atoms. The van der Waals surface area contributed by atoms with Crippen molar-refractivity contribution in [1.82, 2.24) is 0 Å². The van der Waals surface area contributed by atoms with Crippen molar-refractivity contribution in [3.8, 4) is 0 Å². The molecule has 2 rings (SSSR count). The van der Waals surface area contributed by atoms with E-state index in [0.29, 0.717) is 5.78 Å².